The lowest BCUT2D eigenvalue weighted by atomic mass is 9.55. The van der Waals surface area contributed by atoms with Crippen molar-refractivity contribution in [2.24, 2.45) is 22.9 Å². The topological polar surface area (TPSA) is 132 Å². The van der Waals surface area contributed by atoms with Crippen LogP contribution in [0.25, 0.3) is 10.8 Å². The molecule has 1 fully saturated rings. The molecule has 4 aromatic rings. The van der Waals surface area contributed by atoms with Crippen LogP contribution in [0, 0.1) is 24.7 Å². The van der Waals surface area contributed by atoms with Crippen LogP contribution in [0.2, 0.25) is 0 Å². The fraction of sp³-hybridized carbons (Fsp3) is 0.471. The number of hydrogen-bond donors (Lipinski definition) is 2. The second kappa shape index (κ2) is 19.9. The molecule has 6 atom stereocenters. The third-order valence-electron chi connectivity index (χ3n) is 12.4. The number of methoxy groups -OCH3 is 1. The predicted molar refractivity (Wildman–Crippen MR) is 241 cm³/mol. The molecule has 11 nitrogen and oxygen atoms in total. The molecular formula is C51H63N3O8. The van der Waals surface area contributed by atoms with E-state index in [0.717, 1.165) is 70.3 Å². The van der Waals surface area contributed by atoms with Gasteiger partial charge in [-0.15, -0.1) is 6.58 Å². The quantitative estimate of drug-likeness (QED) is 0.0571. The smallest absolute Gasteiger partial charge is 0.410 e. The highest BCUT2D eigenvalue weighted by molar-refractivity contribution is 6.03. The summed E-state index contributed by atoms with van der Waals surface area (Å²) in [6.07, 6.45) is 8.45. The number of nitrogens with zero attached hydrogens (tertiary/aromatic N) is 3. The molecule has 1 amide bonds. The van der Waals surface area contributed by atoms with Crippen molar-refractivity contribution in [3.63, 3.8) is 0 Å². The average molecular weight is 846 g/mol. The number of rotatable bonds is 18. The molecule has 3 aromatic carbocycles. The molecule has 62 heavy (non-hydrogen) atoms. The summed E-state index contributed by atoms with van der Waals surface area (Å²) in [7, 11) is 1.41. The van der Waals surface area contributed by atoms with Crippen molar-refractivity contribution in [1.29, 1.82) is 0 Å². The van der Waals surface area contributed by atoms with Crippen LogP contribution in [0.3, 0.4) is 0 Å². The number of carbonyl (C=O) groups is 1. The zero-order valence-corrected chi connectivity index (χ0v) is 36.9. The largest absolute Gasteiger partial charge is 0.487 e. The van der Waals surface area contributed by atoms with Gasteiger partial charge in [0.05, 0.1) is 37.6 Å². The fourth-order valence-corrected chi connectivity index (χ4v) is 9.80. The number of aliphatic hydroxyl groups is 2. The maximum Gasteiger partial charge on any atom is 0.410 e. The average Bonchev–Trinajstić information content (AvgIpc) is 3.27. The van der Waals surface area contributed by atoms with Gasteiger partial charge in [-0.2, -0.15) is 0 Å². The van der Waals surface area contributed by atoms with Crippen LogP contribution in [0.1, 0.15) is 94.1 Å². The highest BCUT2D eigenvalue weighted by Gasteiger charge is 2.65. The SMILES string of the molecule is C=CCOC12Oc3ccc(OCc4cccc(C)n4)cc3C3C(CCCCO)C(CCCCO)C=C(C(=NOC(C)(C)C)CC1N(Cc1cccc4ccccc14)C(=O)OC)C32. The van der Waals surface area contributed by atoms with Crippen molar-refractivity contribution in [2.45, 2.75) is 109 Å². The molecule has 7 rings (SSSR count). The number of hydrogen-bond acceptors (Lipinski definition) is 10. The van der Waals surface area contributed by atoms with Crippen molar-refractivity contribution in [3.05, 3.63) is 126 Å². The van der Waals surface area contributed by atoms with Crippen LogP contribution in [0.5, 0.6) is 11.5 Å². The Morgan fingerprint density at radius 2 is 1.76 bits per heavy atom. The molecule has 6 unspecified atom stereocenters. The molecule has 330 valence electrons. The Morgan fingerprint density at radius 1 is 1.00 bits per heavy atom. The summed E-state index contributed by atoms with van der Waals surface area (Å²) < 4.78 is 26.7. The molecule has 1 aliphatic heterocycles. The van der Waals surface area contributed by atoms with Gasteiger partial charge in [-0.25, -0.2) is 4.79 Å². The van der Waals surface area contributed by atoms with Crippen LogP contribution in [-0.2, 0) is 27.5 Å². The van der Waals surface area contributed by atoms with E-state index in [4.69, 9.17) is 28.9 Å². The van der Waals surface area contributed by atoms with Crippen LogP contribution in [0.15, 0.2) is 108 Å². The highest BCUT2D eigenvalue weighted by Crippen LogP contribution is 2.62. The lowest BCUT2D eigenvalue weighted by Gasteiger charge is -2.60. The van der Waals surface area contributed by atoms with E-state index in [2.05, 4.69) is 41.9 Å². The molecule has 11 heteroatoms. The molecule has 2 N–H and O–H groups in total. The Labute approximate surface area is 366 Å². The number of pyridine rings is 1. The minimum atomic E-state index is -1.43. The number of ether oxygens (including phenoxy) is 4. The van der Waals surface area contributed by atoms with Crippen LogP contribution >= 0.6 is 0 Å². The van der Waals surface area contributed by atoms with Gasteiger partial charge in [-0.3, -0.25) is 9.88 Å². The van der Waals surface area contributed by atoms with Gasteiger partial charge in [0.1, 0.15) is 29.7 Å². The first kappa shape index (κ1) is 44.8. The normalized spacial score (nSPS) is 23.4. The second-order valence-electron chi connectivity index (χ2n) is 17.8. The van der Waals surface area contributed by atoms with E-state index in [1.807, 2.05) is 82.3 Å². The molecular weight excluding hydrogens is 783 g/mol. The van der Waals surface area contributed by atoms with E-state index in [1.165, 1.54) is 7.11 Å². The number of allylic oxidation sites excluding steroid dienone is 1. The third kappa shape index (κ3) is 9.70. The van der Waals surface area contributed by atoms with Gasteiger partial charge in [0.2, 0.25) is 5.79 Å². The summed E-state index contributed by atoms with van der Waals surface area (Å²) in [6, 6.07) is 25.4. The lowest BCUT2D eigenvalue weighted by Crippen LogP contribution is -2.70. The van der Waals surface area contributed by atoms with Gasteiger partial charge in [0.15, 0.2) is 0 Å². The first-order chi connectivity index (χ1) is 30.0. The van der Waals surface area contributed by atoms with Gasteiger partial charge in [0.25, 0.3) is 0 Å². The van der Waals surface area contributed by atoms with E-state index in [1.54, 1.807) is 11.0 Å². The van der Waals surface area contributed by atoms with E-state index in [0.29, 0.717) is 30.9 Å². The zero-order valence-electron chi connectivity index (χ0n) is 36.9. The van der Waals surface area contributed by atoms with Gasteiger partial charge in [0, 0.05) is 36.8 Å². The van der Waals surface area contributed by atoms with E-state index < -0.39 is 29.4 Å². The van der Waals surface area contributed by atoms with Crippen LogP contribution < -0.4 is 9.47 Å². The Bertz CT molecular complexity index is 2240. The summed E-state index contributed by atoms with van der Waals surface area (Å²) in [5.74, 6) is -0.642. The fourth-order valence-electron chi connectivity index (χ4n) is 9.80. The van der Waals surface area contributed by atoms with E-state index in [9.17, 15) is 15.0 Å². The Kier molecular flexibility index (Phi) is 14.4. The summed E-state index contributed by atoms with van der Waals surface area (Å²) in [5.41, 5.74) is 4.75. The Balaban J connectivity index is 1.45. The van der Waals surface area contributed by atoms with Crippen LogP contribution in [0.4, 0.5) is 4.79 Å². The first-order valence-corrected chi connectivity index (χ1v) is 22.1. The monoisotopic (exact) mass is 845 g/mol. The van der Waals surface area contributed by atoms with Crippen molar-refractivity contribution < 1.29 is 38.8 Å². The number of oxime groups is 1. The first-order valence-electron chi connectivity index (χ1n) is 22.1. The molecule has 0 spiro atoms. The molecule has 0 bridgehead atoms. The predicted octanol–water partition coefficient (Wildman–Crippen LogP) is 9.82. The maximum atomic E-state index is 14.5. The molecule has 0 radical (unpaired) electrons. The number of unbranched alkanes of at least 4 members (excludes halogenated alkanes) is 2. The Hall–Kier alpha value is -5.23. The van der Waals surface area contributed by atoms with Crippen molar-refractivity contribution in [2.75, 3.05) is 26.9 Å². The number of amides is 1. The number of aryl methyl sites for hydroxylation is 1. The minimum absolute atomic E-state index is 0.0604. The summed E-state index contributed by atoms with van der Waals surface area (Å²) in [4.78, 5) is 27.2. The van der Waals surface area contributed by atoms with Gasteiger partial charge in [-0.1, -0.05) is 78.7 Å². The zero-order chi connectivity index (χ0) is 43.9. The highest BCUT2D eigenvalue weighted by atomic mass is 16.7. The molecule has 0 saturated heterocycles. The molecule has 1 saturated carbocycles. The number of fused-ring (bicyclic) bond motifs is 3. The van der Waals surface area contributed by atoms with Crippen molar-refractivity contribution in [3.8, 4) is 11.5 Å². The molecule has 3 aliphatic rings. The third-order valence-corrected chi connectivity index (χ3v) is 12.4. The number of benzene rings is 3. The molecule has 2 aliphatic carbocycles. The van der Waals surface area contributed by atoms with E-state index >= 15 is 0 Å². The number of aromatic nitrogens is 1. The second-order valence-corrected chi connectivity index (χ2v) is 17.8. The molecule has 2 heterocycles. The van der Waals surface area contributed by atoms with E-state index in [-0.39, 0.29) is 50.5 Å². The summed E-state index contributed by atoms with van der Waals surface area (Å²) in [5, 5.41) is 27.0. The van der Waals surface area contributed by atoms with Gasteiger partial charge in [-0.05, 0) is 117 Å². The van der Waals surface area contributed by atoms with Gasteiger partial charge >= 0.3 is 6.09 Å². The maximum absolute atomic E-state index is 14.5. The summed E-state index contributed by atoms with van der Waals surface area (Å²) in [6.45, 7) is 12.8. The number of carbonyl (C=O) groups excluding carboxylic acids is 1. The van der Waals surface area contributed by atoms with Gasteiger partial charge < -0.3 is 34.0 Å². The number of aliphatic hydroxyl groups excluding tert-OH is 2. The minimum Gasteiger partial charge on any atom is -0.487 e. The Morgan fingerprint density at radius 3 is 2.50 bits per heavy atom. The molecule has 1 aromatic heterocycles. The lowest BCUT2D eigenvalue weighted by molar-refractivity contribution is -0.256. The van der Waals surface area contributed by atoms with Crippen molar-refractivity contribution >= 4 is 22.6 Å². The summed E-state index contributed by atoms with van der Waals surface area (Å²) >= 11 is 0. The van der Waals surface area contributed by atoms with Crippen molar-refractivity contribution in [1.82, 2.24) is 9.88 Å². The standard InChI is InChI=1S/C51H63N3O8/c1-7-28-60-51-46(54(49(57)58-6)32-37-20-15-19-35-17-8-9-22-40(35)37)31-44(53-62-50(3,4)5)42-29-36(18-10-12-26-55)41(23-11-13-27-56)47(48(42)51)43-30-39(24-25-45(43)61-51)59-33-38-21-14-16-34(2)52-38/h7-9,14-17,19-22,24-25,29-30,36,41,46-48,55-56H,1,10-13,18,23,26-28,31-33H2,2-6H3. The van der Waals surface area contributed by atoms with Crippen LogP contribution in [-0.4, -0.2) is 76.3 Å².